The average molecular weight is 296 g/mol. The minimum absolute atomic E-state index is 0.295. The number of nitro groups is 1. The lowest BCUT2D eigenvalue weighted by Gasteiger charge is -2.10. The monoisotopic (exact) mass is 296 g/mol. The second-order valence-electron chi connectivity index (χ2n) is 3.33. The molecule has 0 spiro atoms. The second kappa shape index (κ2) is 5.59. The molecule has 0 saturated carbocycles. The van der Waals surface area contributed by atoms with E-state index in [0.29, 0.717) is 6.07 Å². The van der Waals surface area contributed by atoms with Crippen LogP contribution in [0.4, 0.5) is 18.9 Å². The number of carbonyl (C=O) groups is 1. The maximum atomic E-state index is 12.0. The Morgan fingerprint density at radius 2 is 2.15 bits per heavy atom. The van der Waals surface area contributed by atoms with Crippen molar-refractivity contribution in [1.82, 2.24) is 4.98 Å². The van der Waals surface area contributed by atoms with Crippen molar-refractivity contribution in [3.8, 4) is 11.6 Å². The van der Waals surface area contributed by atoms with E-state index in [2.05, 4.69) is 14.5 Å². The van der Waals surface area contributed by atoms with Crippen LogP contribution in [-0.4, -0.2) is 34.5 Å². The number of hydrogen-bond donors (Lipinski definition) is 1. The van der Waals surface area contributed by atoms with E-state index >= 15 is 0 Å². The van der Waals surface area contributed by atoms with Gasteiger partial charge in [-0.2, -0.15) is 0 Å². The Balaban J connectivity index is 3.27. The molecule has 0 radical (unpaired) electrons. The zero-order valence-corrected chi connectivity index (χ0v) is 9.80. The van der Waals surface area contributed by atoms with Crippen LogP contribution in [0.15, 0.2) is 6.07 Å². The summed E-state index contributed by atoms with van der Waals surface area (Å²) in [7, 11) is 0.990. The summed E-state index contributed by atoms with van der Waals surface area (Å²) in [5.74, 6) is -3.15. The maximum Gasteiger partial charge on any atom is 0.574 e. The highest BCUT2D eigenvalue weighted by atomic mass is 19.4. The molecule has 0 fully saturated rings. The molecule has 0 aliphatic carbocycles. The van der Waals surface area contributed by atoms with Crippen molar-refractivity contribution in [2.45, 2.75) is 12.8 Å². The molecule has 1 aromatic rings. The number of halogens is 3. The van der Waals surface area contributed by atoms with Crippen molar-refractivity contribution in [3.05, 3.63) is 21.9 Å². The molecule has 0 bridgehead atoms. The zero-order valence-electron chi connectivity index (χ0n) is 9.80. The number of rotatable bonds is 4. The smallest absolute Gasteiger partial charge is 0.501 e. The molecule has 0 atom stereocenters. The number of esters is 1. The number of hydrogen-bond acceptors (Lipinski definition) is 7. The van der Waals surface area contributed by atoms with Crippen LogP contribution in [0.1, 0.15) is 5.69 Å². The standard InChI is InChI=1S/C9H7F3N2O6/c1-19-7(15)2-4-8(16)5(14(17)18)3-6(13-4)20-9(10,11)12/h3,16H,2H2,1H3. The number of carbonyl (C=O) groups excluding carboxylic acids is 1. The molecular weight excluding hydrogens is 289 g/mol. The van der Waals surface area contributed by atoms with Crippen molar-refractivity contribution >= 4 is 11.7 Å². The summed E-state index contributed by atoms with van der Waals surface area (Å²) in [6.07, 6.45) is -5.88. The number of pyridine rings is 1. The SMILES string of the molecule is COC(=O)Cc1nc(OC(F)(F)F)cc([N+](=O)[O-])c1O. The lowest BCUT2D eigenvalue weighted by Crippen LogP contribution is -2.19. The molecule has 11 heteroatoms. The molecule has 0 aromatic carbocycles. The highest BCUT2D eigenvalue weighted by molar-refractivity contribution is 5.73. The van der Waals surface area contributed by atoms with Gasteiger partial charge in [0, 0.05) is 0 Å². The summed E-state index contributed by atoms with van der Waals surface area (Å²) in [5.41, 5.74) is -1.73. The van der Waals surface area contributed by atoms with Crippen LogP contribution in [0.5, 0.6) is 11.6 Å². The maximum absolute atomic E-state index is 12.0. The molecule has 1 aromatic heterocycles. The highest BCUT2D eigenvalue weighted by Gasteiger charge is 2.34. The predicted octanol–water partition coefficient (Wildman–Crippen LogP) is 1.31. The van der Waals surface area contributed by atoms with E-state index in [0.717, 1.165) is 7.11 Å². The number of ether oxygens (including phenoxy) is 2. The minimum Gasteiger partial charge on any atom is -0.501 e. The molecule has 0 aliphatic heterocycles. The van der Waals surface area contributed by atoms with Gasteiger partial charge in [0.15, 0.2) is 0 Å². The topological polar surface area (TPSA) is 112 Å². The van der Waals surface area contributed by atoms with Gasteiger partial charge >= 0.3 is 18.0 Å². The van der Waals surface area contributed by atoms with Gasteiger partial charge < -0.3 is 14.6 Å². The van der Waals surface area contributed by atoms with Crippen LogP contribution in [-0.2, 0) is 16.0 Å². The Bertz CT molecular complexity index is 545. The van der Waals surface area contributed by atoms with Crippen molar-refractivity contribution in [3.63, 3.8) is 0 Å². The summed E-state index contributed by atoms with van der Waals surface area (Å²) in [6.45, 7) is 0. The first-order valence-corrected chi connectivity index (χ1v) is 4.84. The van der Waals surface area contributed by atoms with Gasteiger partial charge in [-0.3, -0.25) is 14.9 Å². The van der Waals surface area contributed by atoms with Gasteiger partial charge in [0.05, 0.1) is 24.5 Å². The fourth-order valence-corrected chi connectivity index (χ4v) is 1.19. The molecule has 0 amide bonds. The Morgan fingerprint density at radius 3 is 2.60 bits per heavy atom. The van der Waals surface area contributed by atoms with Crippen LogP contribution >= 0.6 is 0 Å². The quantitative estimate of drug-likeness (QED) is 0.506. The largest absolute Gasteiger partial charge is 0.574 e. The Morgan fingerprint density at radius 1 is 1.55 bits per heavy atom. The van der Waals surface area contributed by atoms with Crippen LogP contribution < -0.4 is 4.74 Å². The molecule has 0 unspecified atom stereocenters. The van der Waals surface area contributed by atoms with Gasteiger partial charge in [-0.05, 0) is 0 Å². The molecule has 8 nitrogen and oxygen atoms in total. The van der Waals surface area contributed by atoms with E-state index in [-0.39, 0.29) is 0 Å². The highest BCUT2D eigenvalue weighted by Crippen LogP contribution is 2.34. The van der Waals surface area contributed by atoms with Crippen molar-refractivity contribution in [2.24, 2.45) is 0 Å². The number of alkyl halides is 3. The number of aromatic hydroxyl groups is 1. The summed E-state index contributed by atoms with van der Waals surface area (Å²) < 4.78 is 43.8. The molecule has 1 heterocycles. The van der Waals surface area contributed by atoms with Gasteiger partial charge in [-0.15, -0.1) is 13.2 Å². The average Bonchev–Trinajstić information content (AvgIpc) is 2.30. The van der Waals surface area contributed by atoms with Gasteiger partial charge in [0.1, 0.15) is 5.69 Å². The number of aromatic nitrogens is 1. The lowest BCUT2D eigenvalue weighted by atomic mass is 10.2. The molecule has 1 N–H and O–H groups in total. The van der Waals surface area contributed by atoms with Crippen molar-refractivity contribution in [2.75, 3.05) is 7.11 Å². The van der Waals surface area contributed by atoms with Crippen molar-refractivity contribution < 1.29 is 37.5 Å². The third-order valence-electron chi connectivity index (χ3n) is 1.98. The Labute approximate surface area is 108 Å². The number of methoxy groups -OCH3 is 1. The molecule has 110 valence electrons. The van der Waals surface area contributed by atoms with E-state index in [1.807, 2.05) is 0 Å². The first-order valence-electron chi connectivity index (χ1n) is 4.84. The van der Waals surface area contributed by atoms with E-state index in [9.17, 15) is 33.2 Å². The van der Waals surface area contributed by atoms with Crippen molar-refractivity contribution in [1.29, 1.82) is 0 Å². The summed E-state index contributed by atoms with van der Waals surface area (Å²) in [6, 6.07) is 0.295. The Hall–Kier alpha value is -2.59. The first-order chi connectivity index (χ1) is 9.14. The van der Waals surface area contributed by atoms with E-state index < -0.39 is 46.7 Å². The number of nitrogens with zero attached hydrogens (tertiary/aromatic N) is 2. The van der Waals surface area contributed by atoms with Crippen LogP contribution in [0.2, 0.25) is 0 Å². The van der Waals surface area contributed by atoms with E-state index in [1.54, 1.807) is 0 Å². The van der Waals surface area contributed by atoms with Crippen LogP contribution in [0, 0.1) is 10.1 Å². The predicted molar refractivity (Wildman–Crippen MR) is 55.0 cm³/mol. The molecule has 20 heavy (non-hydrogen) atoms. The summed E-state index contributed by atoms with van der Waals surface area (Å²) in [4.78, 5) is 23.7. The van der Waals surface area contributed by atoms with Gasteiger partial charge in [-0.25, -0.2) is 4.98 Å². The fourth-order valence-electron chi connectivity index (χ4n) is 1.19. The first kappa shape index (κ1) is 15.5. The second-order valence-corrected chi connectivity index (χ2v) is 3.33. The zero-order chi connectivity index (χ0) is 15.5. The van der Waals surface area contributed by atoms with Gasteiger partial charge in [0.25, 0.3) is 0 Å². The molecule has 0 saturated heterocycles. The van der Waals surface area contributed by atoms with Gasteiger partial charge in [-0.1, -0.05) is 0 Å². The van der Waals surface area contributed by atoms with E-state index in [4.69, 9.17) is 0 Å². The van der Waals surface area contributed by atoms with Crippen LogP contribution in [0.25, 0.3) is 0 Å². The molecule has 0 aliphatic rings. The fraction of sp³-hybridized carbons (Fsp3) is 0.333. The Kier molecular flexibility index (Phi) is 4.32. The third kappa shape index (κ3) is 3.96. The normalized spacial score (nSPS) is 11.0. The minimum atomic E-state index is -5.12. The van der Waals surface area contributed by atoms with Crippen LogP contribution in [0.3, 0.4) is 0 Å². The third-order valence-corrected chi connectivity index (χ3v) is 1.98. The molecular formula is C9H7F3N2O6. The van der Waals surface area contributed by atoms with E-state index in [1.165, 1.54) is 0 Å². The van der Waals surface area contributed by atoms with Gasteiger partial charge in [0.2, 0.25) is 11.6 Å². The summed E-state index contributed by atoms with van der Waals surface area (Å²) >= 11 is 0. The summed E-state index contributed by atoms with van der Waals surface area (Å²) in [5, 5.41) is 20.1. The molecule has 1 rings (SSSR count). The lowest BCUT2D eigenvalue weighted by molar-refractivity contribution is -0.386.